The first-order valence-corrected chi connectivity index (χ1v) is 9.07. The summed E-state index contributed by atoms with van der Waals surface area (Å²) in [6, 6.07) is 15.7. The monoisotopic (exact) mass is 334 g/mol. The van der Waals surface area contributed by atoms with Gasteiger partial charge in [0.05, 0.1) is 5.39 Å². The molecule has 128 valence electrons. The molecule has 1 aromatic heterocycles. The van der Waals surface area contributed by atoms with E-state index in [9.17, 15) is 4.79 Å². The van der Waals surface area contributed by atoms with Crippen LogP contribution in [0.5, 0.6) is 0 Å². The van der Waals surface area contributed by atoms with Crippen LogP contribution in [-0.4, -0.2) is 17.1 Å². The van der Waals surface area contributed by atoms with Crippen LogP contribution in [0.15, 0.2) is 53.1 Å². The lowest BCUT2D eigenvalue weighted by atomic mass is 10.0. The number of benzene rings is 2. The molecule has 0 bridgehead atoms. The summed E-state index contributed by atoms with van der Waals surface area (Å²) in [5, 5.41) is 8.19. The van der Waals surface area contributed by atoms with E-state index in [1.807, 2.05) is 48.5 Å². The summed E-state index contributed by atoms with van der Waals surface area (Å²) in [5.74, 6) is 0.703. The van der Waals surface area contributed by atoms with Gasteiger partial charge < -0.3 is 9.84 Å². The maximum Gasteiger partial charge on any atom is 0.251 e. The van der Waals surface area contributed by atoms with Gasteiger partial charge in [0.25, 0.3) is 5.91 Å². The average molecular weight is 334 g/mol. The molecule has 0 radical (unpaired) electrons. The predicted molar refractivity (Wildman–Crippen MR) is 98.4 cm³/mol. The fraction of sp³-hybridized carbons (Fsp3) is 0.333. The zero-order valence-electron chi connectivity index (χ0n) is 14.2. The van der Waals surface area contributed by atoms with Gasteiger partial charge in [0.2, 0.25) is 0 Å². The highest BCUT2D eigenvalue weighted by atomic mass is 16.5. The number of hydrogen-bond donors (Lipinski definition) is 1. The van der Waals surface area contributed by atoms with Gasteiger partial charge in [0.1, 0.15) is 5.52 Å². The van der Waals surface area contributed by atoms with Crippen molar-refractivity contribution in [3.63, 3.8) is 0 Å². The molecule has 2 aromatic carbocycles. The van der Waals surface area contributed by atoms with E-state index in [-0.39, 0.29) is 5.91 Å². The Labute approximate surface area is 147 Å². The van der Waals surface area contributed by atoms with Gasteiger partial charge >= 0.3 is 0 Å². The van der Waals surface area contributed by atoms with E-state index >= 15 is 0 Å². The standard InChI is InChI=1S/C21H22N2O2/c24-21(22-17-10-6-1-2-7-11-17)16-12-13-19-18(14-16)20(25-23-19)15-8-4-3-5-9-15/h3-5,8-9,12-14,17H,1-2,6-7,10-11H2,(H,22,24). The fourth-order valence-corrected chi connectivity index (χ4v) is 3.57. The van der Waals surface area contributed by atoms with E-state index in [1.54, 1.807) is 0 Å². The quantitative estimate of drug-likeness (QED) is 0.690. The van der Waals surface area contributed by atoms with Crippen molar-refractivity contribution in [3.8, 4) is 11.3 Å². The van der Waals surface area contributed by atoms with Gasteiger partial charge in [-0.3, -0.25) is 4.79 Å². The highest BCUT2D eigenvalue weighted by Gasteiger charge is 2.18. The summed E-state index contributed by atoms with van der Waals surface area (Å²) in [6.07, 6.45) is 7.12. The molecule has 4 nitrogen and oxygen atoms in total. The maximum absolute atomic E-state index is 12.7. The number of aromatic nitrogens is 1. The molecule has 25 heavy (non-hydrogen) atoms. The normalized spacial score (nSPS) is 15.8. The number of hydrogen-bond acceptors (Lipinski definition) is 3. The van der Waals surface area contributed by atoms with Crippen molar-refractivity contribution >= 4 is 16.8 Å². The maximum atomic E-state index is 12.7. The van der Waals surface area contributed by atoms with Crippen molar-refractivity contribution in [2.45, 2.75) is 44.6 Å². The summed E-state index contributed by atoms with van der Waals surface area (Å²) < 4.78 is 5.52. The molecule has 4 heteroatoms. The lowest BCUT2D eigenvalue weighted by molar-refractivity contribution is 0.0933. The largest absolute Gasteiger partial charge is 0.355 e. The van der Waals surface area contributed by atoms with E-state index in [0.29, 0.717) is 17.4 Å². The molecule has 1 heterocycles. The van der Waals surface area contributed by atoms with Crippen LogP contribution in [0.1, 0.15) is 48.9 Å². The molecule has 1 aliphatic rings. The molecule has 1 fully saturated rings. The van der Waals surface area contributed by atoms with Crippen LogP contribution < -0.4 is 5.32 Å². The van der Waals surface area contributed by atoms with Crippen LogP contribution in [0.4, 0.5) is 0 Å². The van der Waals surface area contributed by atoms with Crippen molar-refractivity contribution in [1.82, 2.24) is 10.5 Å². The van der Waals surface area contributed by atoms with Gasteiger partial charge in [-0.05, 0) is 31.0 Å². The van der Waals surface area contributed by atoms with Gasteiger partial charge in [-0.1, -0.05) is 61.2 Å². The van der Waals surface area contributed by atoms with Crippen molar-refractivity contribution < 1.29 is 9.32 Å². The molecule has 0 atom stereocenters. The van der Waals surface area contributed by atoms with Crippen LogP contribution in [0.25, 0.3) is 22.2 Å². The highest BCUT2D eigenvalue weighted by molar-refractivity contribution is 6.01. The number of rotatable bonds is 3. The zero-order valence-corrected chi connectivity index (χ0v) is 14.2. The third-order valence-electron chi connectivity index (χ3n) is 4.97. The number of nitrogens with zero attached hydrogens (tertiary/aromatic N) is 1. The summed E-state index contributed by atoms with van der Waals surface area (Å²) in [6.45, 7) is 0. The Hall–Kier alpha value is -2.62. The lowest BCUT2D eigenvalue weighted by Gasteiger charge is -2.16. The molecule has 0 saturated heterocycles. The molecular formula is C21H22N2O2. The summed E-state index contributed by atoms with van der Waals surface area (Å²) in [7, 11) is 0. The first-order chi connectivity index (χ1) is 12.3. The molecule has 1 aliphatic carbocycles. The van der Waals surface area contributed by atoms with Crippen molar-refractivity contribution in [2.24, 2.45) is 0 Å². The zero-order chi connectivity index (χ0) is 17.1. The minimum Gasteiger partial charge on any atom is -0.355 e. The van der Waals surface area contributed by atoms with Crippen LogP contribution in [0.2, 0.25) is 0 Å². The SMILES string of the molecule is O=C(NC1CCCCCC1)c1ccc2noc(-c3ccccc3)c2c1. The third kappa shape index (κ3) is 3.43. The van der Waals surface area contributed by atoms with Crippen molar-refractivity contribution in [2.75, 3.05) is 0 Å². The minimum atomic E-state index is -0.00554. The number of carbonyl (C=O) groups is 1. The molecule has 0 aliphatic heterocycles. The van der Waals surface area contributed by atoms with Gasteiger partial charge in [0.15, 0.2) is 5.76 Å². The number of amides is 1. The Kier molecular flexibility index (Phi) is 4.51. The third-order valence-corrected chi connectivity index (χ3v) is 4.97. The van der Waals surface area contributed by atoms with Crippen LogP contribution in [-0.2, 0) is 0 Å². The molecule has 1 amide bonds. The van der Waals surface area contributed by atoms with Crippen LogP contribution in [0, 0.1) is 0 Å². The summed E-state index contributed by atoms with van der Waals surface area (Å²) in [4.78, 5) is 12.7. The Bertz CT molecular complexity index is 862. The molecule has 0 spiro atoms. The van der Waals surface area contributed by atoms with E-state index in [2.05, 4.69) is 10.5 Å². The predicted octanol–water partition coefficient (Wildman–Crippen LogP) is 4.95. The lowest BCUT2D eigenvalue weighted by Crippen LogP contribution is -2.34. The summed E-state index contributed by atoms with van der Waals surface area (Å²) in [5.41, 5.74) is 2.40. The molecule has 3 aromatic rings. The Morgan fingerprint density at radius 1 is 1.00 bits per heavy atom. The highest BCUT2D eigenvalue weighted by Crippen LogP contribution is 2.29. The van der Waals surface area contributed by atoms with E-state index < -0.39 is 0 Å². The molecule has 1 N–H and O–H groups in total. The molecular weight excluding hydrogens is 312 g/mol. The van der Waals surface area contributed by atoms with Crippen molar-refractivity contribution in [3.05, 3.63) is 54.1 Å². The molecule has 1 saturated carbocycles. The Balaban J connectivity index is 1.61. The Morgan fingerprint density at radius 2 is 1.76 bits per heavy atom. The topological polar surface area (TPSA) is 55.1 Å². The van der Waals surface area contributed by atoms with Gasteiger partial charge in [-0.25, -0.2) is 0 Å². The number of fused-ring (bicyclic) bond motifs is 1. The van der Waals surface area contributed by atoms with E-state index in [4.69, 9.17) is 4.52 Å². The molecule has 4 rings (SSSR count). The second kappa shape index (κ2) is 7.09. The fourth-order valence-electron chi connectivity index (χ4n) is 3.57. The van der Waals surface area contributed by atoms with Crippen molar-refractivity contribution in [1.29, 1.82) is 0 Å². The first kappa shape index (κ1) is 15.9. The number of carbonyl (C=O) groups excluding carboxylic acids is 1. The van der Waals surface area contributed by atoms with Gasteiger partial charge in [-0.15, -0.1) is 0 Å². The number of nitrogens with one attached hydrogen (secondary N) is 1. The second-order valence-corrected chi connectivity index (χ2v) is 6.77. The smallest absolute Gasteiger partial charge is 0.251 e. The first-order valence-electron chi connectivity index (χ1n) is 9.07. The van der Waals surface area contributed by atoms with Crippen LogP contribution >= 0.6 is 0 Å². The van der Waals surface area contributed by atoms with E-state index in [0.717, 1.165) is 29.3 Å². The average Bonchev–Trinajstić information content (AvgIpc) is 2.91. The molecule has 0 unspecified atom stereocenters. The summed E-state index contributed by atoms with van der Waals surface area (Å²) >= 11 is 0. The van der Waals surface area contributed by atoms with Crippen LogP contribution in [0.3, 0.4) is 0 Å². The van der Waals surface area contributed by atoms with E-state index in [1.165, 1.54) is 25.7 Å². The van der Waals surface area contributed by atoms with Gasteiger partial charge in [-0.2, -0.15) is 0 Å². The second-order valence-electron chi connectivity index (χ2n) is 6.77. The Morgan fingerprint density at radius 3 is 2.52 bits per heavy atom. The minimum absolute atomic E-state index is 0.00554. The van der Waals surface area contributed by atoms with Gasteiger partial charge in [0, 0.05) is 17.2 Å².